The van der Waals surface area contributed by atoms with Crippen molar-refractivity contribution >= 4 is 40.5 Å². The highest BCUT2D eigenvalue weighted by atomic mass is 35.5. The fraction of sp³-hybridized carbons (Fsp3) is 0.188. The minimum absolute atomic E-state index is 0.0304. The predicted octanol–water partition coefficient (Wildman–Crippen LogP) is 4.32. The van der Waals surface area contributed by atoms with Gasteiger partial charge in [0.1, 0.15) is 0 Å². The maximum Gasteiger partial charge on any atom is 0.270 e. The average Bonchev–Trinajstić information content (AvgIpc) is 2.79. The molecule has 0 radical (unpaired) electrons. The SMILES string of the molecule is O=C(Nc1cc2c(cc1Cl)OCCCO2)c1ccc([N+](=O)[O-])cc1Cl. The van der Waals surface area contributed by atoms with Crippen molar-refractivity contribution in [2.75, 3.05) is 18.5 Å². The van der Waals surface area contributed by atoms with Gasteiger partial charge in [-0.2, -0.15) is 0 Å². The van der Waals surface area contributed by atoms with Gasteiger partial charge in [0.2, 0.25) is 0 Å². The molecule has 25 heavy (non-hydrogen) atoms. The lowest BCUT2D eigenvalue weighted by molar-refractivity contribution is -0.384. The van der Waals surface area contributed by atoms with Crippen molar-refractivity contribution in [3.63, 3.8) is 0 Å². The number of carbonyl (C=O) groups is 1. The zero-order valence-electron chi connectivity index (χ0n) is 12.8. The standard InChI is InChI=1S/C16H12Cl2N2O5/c17-11-6-9(20(22)23)2-3-10(11)16(21)19-13-8-15-14(7-12(13)18)24-4-1-5-25-15/h2-3,6-8H,1,4-5H2,(H,19,21). The fourth-order valence-electron chi connectivity index (χ4n) is 2.27. The Hall–Kier alpha value is -2.51. The highest BCUT2D eigenvalue weighted by Gasteiger charge is 2.19. The molecule has 0 aliphatic carbocycles. The normalized spacial score (nSPS) is 13.0. The molecule has 3 rings (SSSR count). The van der Waals surface area contributed by atoms with Gasteiger partial charge in [-0.1, -0.05) is 23.2 Å². The molecule has 0 unspecified atom stereocenters. The predicted molar refractivity (Wildman–Crippen MR) is 93.1 cm³/mol. The van der Waals surface area contributed by atoms with Crippen molar-refractivity contribution in [3.05, 3.63) is 56.1 Å². The van der Waals surface area contributed by atoms with E-state index < -0.39 is 10.8 Å². The second kappa shape index (κ2) is 7.16. The van der Waals surface area contributed by atoms with E-state index in [1.165, 1.54) is 12.1 Å². The Bertz CT molecular complexity index is 857. The van der Waals surface area contributed by atoms with E-state index in [9.17, 15) is 14.9 Å². The van der Waals surface area contributed by atoms with Crippen LogP contribution in [0.2, 0.25) is 10.0 Å². The van der Waals surface area contributed by atoms with Crippen molar-refractivity contribution in [1.29, 1.82) is 0 Å². The van der Waals surface area contributed by atoms with E-state index in [2.05, 4.69) is 5.32 Å². The molecule has 9 heteroatoms. The Morgan fingerprint density at radius 3 is 2.40 bits per heavy atom. The number of nitrogens with zero attached hydrogens (tertiary/aromatic N) is 1. The van der Waals surface area contributed by atoms with Crippen LogP contribution in [-0.2, 0) is 0 Å². The number of carbonyl (C=O) groups excluding carboxylic acids is 1. The number of anilines is 1. The molecule has 1 aliphatic rings. The quantitative estimate of drug-likeness (QED) is 0.630. The van der Waals surface area contributed by atoms with E-state index in [-0.39, 0.29) is 21.3 Å². The van der Waals surface area contributed by atoms with E-state index in [1.54, 1.807) is 12.1 Å². The fourth-order valence-corrected chi connectivity index (χ4v) is 2.73. The van der Waals surface area contributed by atoms with Gasteiger partial charge in [0, 0.05) is 30.7 Å². The summed E-state index contributed by atoms with van der Waals surface area (Å²) < 4.78 is 11.1. The third kappa shape index (κ3) is 3.78. The molecule has 0 bridgehead atoms. The second-order valence-corrected chi connectivity index (χ2v) is 6.02. The maximum atomic E-state index is 12.4. The molecule has 1 heterocycles. The van der Waals surface area contributed by atoms with Gasteiger partial charge in [-0.05, 0) is 6.07 Å². The van der Waals surface area contributed by atoms with E-state index in [4.69, 9.17) is 32.7 Å². The first kappa shape index (κ1) is 17.3. The van der Waals surface area contributed by atoms with E-state index in [0.717, 1.165) is 12.5 Å². The van der Waals surface area contributed by atoms with Gasteiger partial charge in [0.05, 0.1) is 39.4 Å². The van der Waals surface area contributed by atoms with Crippen molar-refractivity contribution < 1.29 is 19.2 Å². The first-order valence-corrected chi connectivity index (χ1v) is 8.06. The summed E-state index contributed by atoms with van der Waals surface area (Å²) in [6.45, 7) is 1.02. The minimum atomic E-state index is -0.589. The summed E-state index contributed by atoms with van der Waals surface area (Å²) in [6.07, 6.45) is 0.742. The number of fused-ring (bicyclic) bond motifs is 1. The molecule has 2 aromatic carbocycles. The number of non-ortho nitro benzene ring substituents is 1. The minimum Gasteiger partial charge on any atom is -0.490 e. The Morgan fingerprint density at radius 2 is 1.76 bits per heavy atom. The first-order chi connectivity index (χ1) is 12.0. The largest absolute Gasteiger partial charge is 0.490 e. The number of nitro groups is 1. The Kier molecular flexibility index (Phi) is 4.96. The summed E-state index contributed by atoms with van der Waals surface area (Å²) in [5.74, 6) is 0.442. The number of ether oxygens (including phenoxy) is 2. The molecule has 0 saturated carbocycles. The van der Waals surface area contributed by atoms with Gasteiger partial charge in [-0.15, -0.1) is 0 Å². The Balaban J connectivity index is 1.86. The third-order valence-electron chi connectivity index (χ3n) is 3.49. The van der Waals surface area contributed by atoms with Gasteiger partial charge in [0.25, 0.3) is 11.6 Å². The number of hydrogen-bond acceptors (Lipinski definition) is 5. The molecule has 7 nitrogen and oxygen atoms in total. The summed E-state index contributed by atoms with van der Waals surface area (Å²) in [6, 6.07) is 6.74. The van der Waals surface area contributed by atoms with Crippen LogP contribution in [0.3, 0.4) is 0 Å². The number of hydrogen-bond donors (Lipinski definition) is 1. The summed E-state index contributed by atoms with van der Waals surface area (Å²) in [5.41, 5.74) is 0.218. The summed E-state index contributed by atoms with van der Waals surface area (Å²) in [5, 5.41) is 13.6. The molecular formula is C16H12Cl2N2O5. The van der Waals surface area contributed by atoms with Crippen molar-refractivity contribution in [3.8, 4) is 11.5 Å². The van der Waals surface area contributed by atoms with Gasteiger partial charge in [-0.3, -0.25) is 14.9 Å². The lowest BCUT2D eigenvalue weighted by Gasteiger charge is -2.13. The van der Waals surface area contributed by atoms with Crippen molar-refractivity contribution in [1.82, 2.24) is 0 Å². The molecule has 0 aromatic heterocycles. The summed E-state index contributed by atoms with van der Waals surface area (Å²) in [4.78, 5) is 22.6. The smallest absolute Gasteiger partial charge is 0.270 e. The van der Waals surface area contributed by atoms with Crippen molar-refractivity contribution in [2.45, 2.75) is 6.42 Å². The second-order valence-electron chi connectivity index (χ2n) is 5.20. The monoisotopic (exact) mass is 382 g/mol. The van der Waals surface area contributed by atoms with Gasteiger partial charge in [0.15, 0.2) is 11.5 Å². The van der Waals surface area contributed by atoms with Crippen LogP contribution in [0.4, 0.5) is 11.4 Å². The number of rotatable bonds is 3. The van der Waals surface area contributed by atoms with Crippen LogP contribution in [0.1, 0.15) is 16.8 Å². The number of halogens is 2. The summed E-state index contributed by atoms with van der Waals surface area (Å²) in [7, 11) is 0. The van der Waals surface area contributed by atoms with Gasteiger partial charge in [-0.25, -0.2) is 0 Å². The topological polar surface area (TPSA) is 90.7 Å². The molecule has 0 atom stereocenters. The first-order valence-electron chi connectivity index (χ1n) is 7.30. The zero-order chi connectivity index (χ0) is 18.0. The van der Waals surface area contributed by atoms with E-state index >= 15 is 0 Å². The lowest BCUT2D eigenvalue weighted by atomic mass is 10.2. The molecule has 1 N–H and O–H groups in total. The molecule has 1 aliphatic heterocycles. The Labute approximate surface area is 152 Å². The molecule has 0 saturated heterocycles. The van der Waals surface area contributed by atoms with Crippen LogP contribution in [-0.4, -0.2) is 24.0 Å². The lowest BCUT2D eigenvalue weighted by Crippen LogP contribution is -2.13. The average molecular weight is 383 g/mol. The number of nitro benzene ring substituents is 1. The molecule has 130 valence electrons. The van der Waals surface area contributed by atoms with Gasteiger partial charge >= 0.3 is 0 Å². The molecule has 0 fully saturated rings. The summed E-state index contributed by atoms with van der Waals surface area (Å²) >= 11 is 12.1. The van der Waals surface area contributed by atoms with E-state index in [1.807, 2.05) is 0 Å². The molecular weight excluding hydrogens is 371 g/mol. The van der Waals surface area contributed by atoms with Crippen LogP contribution >= 0.6 is 23.2 Å². The Morgan fingerprint density at radius 1 is 1.08 bits per heavy atom. The van der Waals surface area contributed by atoms with Gasteiger partial charge < -0.3 is 14.8 Å². The number of nitrogens with one attached hydrogen (secondary N) is 1. The van der Waals surface area contributed by atoms with Crippen LogP contribution in [0, 0.1) is 10.1 Å². The third-order valence-corrected chi connectivity index (χ3v) is 4.12. The van der Waals surface area contributed by atoms with Crippen LogP contribution < -0.4 is 14.8 Å². The molecule has 1 amide bonds. The van der Waals surface area contributed by atoms with Crippen LogP contribution in [0.15, 0.2) is 30.3 Å². The zero-order valence-corrected chi connectivity index (χ0v) is 14.3. The van der Waals surface area contributed by atoms with Crippen LogP contribution in [0.5, 0.6) is 11.5 Å². The number of amides is 1. The van der Waals surface area contributed by atoms with Crippen LogP contribution in [0.25, 0.3) is 0 Å². The molecule has 0 spiro atoms. The molecule has 2 aromatic rings. The number of benzene rings is 2. The maximum absolute atomic E-state index is 12.4. The highest BCUT2D eigenvalue weighted by molar-refractivity contribution is 6.36. The van der Waals surface area contributed by atoms with E-state index in [0.29, 0.717) is 30.4 Å². The van der Waals surface area contributed by atoms with Crippen molar-refractivity contribution in [2.24, 2.45) is 0 Å². The highest BCUT2D eigenvalue weighted by Crippen LogP contribution is 2.38.